The quantitative estimate of drug-likeness (QED) is 0.269. The van der Waals surface area contributed by atoms with Crippen LogP contribution >= 0.6 is 24.0 Å². The Bertz CT molecular complexity index is 715. The van der Waals surface area contributed by atoms with Gasteiger partial charge in [0.25, 0.3) is 0 Å². The van der Waals surface area contributed by atoms with E-state index in [0.717, 1.165) is 57.2 Å². The maximum absolute atomic E-state index is 13.0. The van der Waals surface area contributed by atoms with Gasteiger partial charge in [0.1, 0.15) is 5.82 Å². The van der Waals surface area contributed by atoms with Gasteiger partial charge in [-0.3, -0.25) is 4.90 Å². The average Bonchev–Trinajstić information content (AvgIpc) is 3.14. The number of aromatic nitrogens is 2. The van der Waals surface area contributed by atoms with E-state index in [4.69, 9.17) is 10.5 Å². The molecule has 0 bridgehead atoms. The molecule has 1 fully saturated rings. The maximum Gasteiger partial charge on any atom is 0.188 e. The molecule has 0 amide bonds. The van der Waals surface area contributed by atoms with Crippen molar-refractivity contribution >= 4 is 29.9 Å². The summed E-state index contributed by atoms with van der Waals surface area (Å²) in [4.78, 5) is 6.70. The molecule has 1 aromatic carbocycles. The maximum atomic E-state index is 13.0. The Morgan fingerprint density at radius 1 is 1.22 bits per heavy atom. The lowest BCUT2D eigenvalue weighted by molar-refractivity contribution is 0.0376. The van der Waals surface area contributed by atoms with Gasteiger partial charge >= 0.3 is 0 Å². The molecule has 0 atom stereocenters. The van der Waals surface area contributed by atoms with E-state index in [9.17, 15) is 4.39 Å². The topological polar surface area (TPSA) is 80.7 Å². The van der Waals surface area contributed by atoms with E-state index in [1.165, 1.54) is 12.1 Å². The third-order valence-electron chi connectivity index (χ3n) is 4.21. The third kappa shape index (κ3) is 7.07. The van der Waals surface area contributed by atoms with Crippen LogP contribution in [0.3, 0.4) is 0 Å². The molecule has 0 unspecified atom stereocenters. The molecule has 27 heavy (non-hydrogen) atoms. The second-order valence-electron chi connectivity index (χ2n) is 6.16. The van der Waals surface area contributed by atoms with Gasteiger partial charge in [-0.05, 0) is 43.3 Å². The molecule has 0 aliphatic carbocycles. The van der Waals surface area contributed by atoms with Gasteiger partial charge in [0.2, 0.25) is 0 Å². The van der Waals surface area contributed by atoms with E-state index in [1.807, 2.05) is 12.3 Å². The van der Waals surface area contributed by atoms with Crippen molar-refractivity contribution in [3.05, 3.63) is 48.0 Å². The molecule has 0 spiro atoms. The van der Waals surface area contributed by atoms with E-state index >= 15 is 0 Å². The minimum atomic E-state index is -0.266. The van der Waals surface area contributed by atoms with Crippen molar-refractivity contribution in [1.29, 1.82) is 0 Å². The first-order valence-corrected chi connectivity index (χ1v) is 8.85. The minimum Gasteiger partial charge on any atom is -0.379 e. The number of hydrogen-bond acceptors (Lipinski definition) is 4. The van der Waals surface area contributed by atoms with Gasteiger partial charge in [0.15, 0.2) is 5.96 Å². The van der Waals surface area contributed by atoms with Gasteiger partial charge in [-0.15, -0.1) is 24.0 Å². The lowest BCUT2D eigenvalue weighted by Crippen LogP contribution is -2.39. The van der Waals surface area contributed by atoms with E-state index in [0.29, 0.717) is 12.5 Å². The van der Waals surface area contributed by atoms with Crippen LogP contribution in [0.5, 0.6) is 0 Å². The summed E-state index contributed by atoms with van der Waals surface area (Å²) in [5, 5.41) is 7.56. The number of aliphatic imine (C=N–C) groups is 1. The van der Waals surface area contributed by atoms with Gasteiger partial charge in [-0.25, -0.2) is 14.1 Å². The molecule has 3 N–H and O–H groups in total. The number of halogens is 2. The number of ether oxygens (including phenoxy) is 1. The molecule has 148 valence electrons. The fourth-order valence-electron chi connectivity index (χ4n) is 2.75. The van der Waals surface area contributed by atoms with Crippen LogP contribution in [0.1, 0.15) is 12.1 Å². The van der Waals surface area contributed by atoms with Crippen molar-refractivity contribution in [3.63, 3.8) is 0 Å². The largest absolute Gasteiger partial charge is 0.379 e. The Morgan fingerprint density at radius 3 is 2.70 bits per heavy atom. The molecule has 1 aliphatic heterocycles. The zero-order valence-corrected chi connectivity index (χ0v) is 17.5. The summed E-state index contributed by atoms with van der Waals surface area (Å²) in [5.41, 5.74) is 7.50. The van der Waals surface area contributed by atoms with Crippen molar-refractivity contribution < 1.29 is 9.13 Å². The zero-order valence-electron chi connectivity index (χ0n) is 15.2. The average molecular weight is 488 g/mol. The van der Waals surface area contributed by atoms with Gasteiger partial charge in [-0.1, -0.05) is 0 Å². The first kappa shape index (κ1) is 21.6. The Morgan fingerprint density at radius 2 is 1.96 bits per heavy atom. The molecule has 9 heteroatoms. The fourth-order valence-corrected chi connectivity index (χ4v) is 2.75. The van der Waals surface area contributed by atoms with Crippen LogP contribution in [0.2, 0.25) is 0 Å². The number of benzene rings is 1. The third-order valence-corrected chi connectivity index (χ3v) is 4.21. The van der Waals surface area contributed by atoms with Crippen molar-refractivity contribution in [2.45, 2.75) is 13.0 Å². The van der Waals surface area contributed by atoms with Gasteiger partial charge in [-0.2, -0.15) is 5.10 Å². The summed E-state index contributed by atoms with van der Waals surface area (Å²) in [5.74, 6) is 0.154. The van der Waals surface area contributed by atoms with Crippen LogP contribution in [-0.4, -0.2) is 60.0 Å². The highest BCUT2D eigenvalue weighted by Gasteiger charge is 2.09. The van der Waals surface area contributed by atoms with Crippen molar-refractivity contribution in [3.8, 4) is 5.69 Å². The molecule has 2 heterocycles. The Labute approximate surface area is 175 Å². The first-order chi connectivity index (χ1) is 12.7. The predicted octanol–water partition coefficient (Wildman–Crippen LogP) is 1.76. The van der Waals surface area contributed by atoms with Gasteiger partial charge in [0.05, 0.1) is 31.1 Å². The first-order valence-electron chi connectivity index (χ1n) is 8.85. The predicted molar refractivity (Wildman–Crippen MR) is 114 cm³/mol. The van der Waals surface area contributed by atoms with E-state index in [-0.39, 0.29) is 29.8 Å². The van der Waals surface area contributed by atoms with Crippen molar-refractivity contribution in [1.82, 2.24) is 20.0 Å². The highest BCUT2D eigenvalue weighted by molar-refractivity contribution is 14.0. The van der Waals surface area contributed by atoms with Crippen LogP contribution in [-0.2, 0) is 11.3 Å². The zero-order chi connectivity index (χ0) is 18.2. The minimum absolute atomic E-state index is 0. The van der Waals surface area contributed by atoms with Gasteiger partial charge < -0.3 is 15.8 Å². The number of rotatable bonds is 7. The number of nitrogens with zero attached hydrogens (tertiary/aromatic N) is 4. The second-order valence-corrected chi connectivity index (χ2v) is 6.16. The number of morpholine rings is 1. The smallest absolute Gasteiger partial charge is 0.188 e. The van der Waals surface area contributed by atoms with Crippen LogP contribution in [0.15, 0.2) is 41.5 Å². The molecule has 0 radical (unpaired) electrons. The molecule has 3 rings (SSSR count). The highest BCUT2D eigenvalue weighted by atomic mass is 127. The van der Waals surface area contributed by atoms with E-state index in [1.54, 1.807) is 16.8 Å². The molecule has 1 saturated heterocycles. The van der Waals surface area contributed by atoms with Crippen molar-refractivity contribution in [2.75, 3.05) is 39.4 Å². The Kier molecular flexibility index (Phi) is 8.95. The molecule has 1 aliphatic rings. The monoisotopic (exact) mass is 488 g/mol. The molecule has 0 saturated carbocycles. The summed E-state index contributed by atoms with van der Waals surface area (Å²) in [7, 11) is 0. The molecule has 1 aromatic heterocycles. The number of hydrogen-bond donors (Lipinski definition) is 2. The fraction of sp³-hybridized carbons (Fsp3) is 0.444. The lowest BCUT2D eigenvalue weighted by Gasteiger charge is -2.26. The Hall–Kier alpha value is -1.72. The summed E-state index contributed by atoms with van der Waals surface area (Å²) in [6, 6.07) is 8.05. The SMILES string of the molecule is I.NC(=NCc1ccn(-c2ccc(F)cc2)n1)NCCCN1CCOCC1. The summed E-state index contributed by atoms with van der Waals surface area (Å²) < 4.78 is 20.0. The van der Waals surface area contributed by atoms with Crippen molar-refractivity contribution in [2.24, 2.45) is 10.7 Å². The number of nitrogens with one attached hydrogen (secondary N) is 1. The number of nitrogens with two attached hydrogens (primary N) is 1. The van der Waals surface area contributed by atoms with Crippen LogP contribution in [0.25, 0.3) is 5.69 Å². The summed E-state index contributed by atoms with van der Waals surface area (Å²) >= 11 is 0. The van der Waals surface area contributed by atoms with Crippen LogP contribution in [0, 0.1) is 5.82 Å². The normalized spacial score (nSPS) is 15.4. The molecular weight excluding hydrogens is 462 g/mol. The molecular formula is C18H26FIN6O. The van der Waals surface area contributed by atoms with E-state index in [2.05, 4.69) is 20.3 Å². The number of guanidine groups is 1. The second kappa shape index (κ2) is 11.2. The summed E-state index contributed by atoms with van der Waals surface area (Å²) in [6.45, 7) is 5.86. The molecule has 2 aromatic rings. The van der Waals surface area contributed by atoms with Crippen LogP contribution < -0.4 is 11.1 Å². The van der Waals surface area contributed by atoms with Crippen LogP contribution in [0.4, 0.5) is 4.39 Å². The highest BCUT2D eigenvalue weighted by Crippen LogP contribution is 2.09. The van der Waals surface area contributed by atoms with Gasteiger partial charge in [0, 0.05) is 25.8 Å². The molecule has 7 nitrogen and oxygen atoms in total. The van der Waals surface area contributed by atoms with E-state index < -0.39 is 0 Å². The standard InChI is InChI=1S/C18H25FN6O.HI/c19-15-2-4-17(5-3-15)25-9-6-16(23-25)14-22-18(20)21-7-1-8-24-10-12-26-13-11-24;/h2-6,9H,1,7-8,10-14H2,(H3,20,21,22);1H. The lowest BCUT2D eigenvalue weighted by atomic mass is 10.3. The Balaban J connectivity index is 0.00000261. The summed E-state index contributed by atoms with van der Waals surface area (Å²) in [6.07, 6.45) is 2.83.